The fourth-order valence-electron chi connectivity index (χ4n) is 3.75. The molecule has 0 aliphatic carbocycles. The van der Waals surface area contributed by atoms with Crippen LogP contribution in [0.2, 0.25) is 0 Å². The second kappa shape index (κ2) is 9.35. The van der Waals surface area contributed by atoms with Gasteiger partial charge in [-0.25, -0.2) is 4.98 Å². The van der Waals surface area contributed by atoms with E-state index in [0.29, 0.717) is 23.7 Å². The summed E-state index contributed by atoms with van der Waals surface area (Å²) in [5.41, 5.74) is 2.30. The van der Waals surface area contributed by atoms with Gasteiger partial charge in [-0.05, 0) is 37.3 Å². The van der Waals surface area contributed by atoms with Gasteiger partial charge in [-0.2, -0.15) is 5.26 Å². The van der Waals surface area contributed by atoms with Crippen LogP contribution in [0.15, 0.2) is 48.5 Å². The Morgan fingerprint density at radius 1 is 1.20 bits per heavy atom. The van der Waals surface area contributed by atoms with Gasteiger partial charge in [-0.15, -0.1) is 11.3 Å². The molecule has 1 atom stereocenters. The van der Waals surface area contributed by atoms with Crippen LogP contribution in [0, 0.1) is 11.3 Å². The highest BCUT2D eigenvalue weighted by molar-refractivity contribution is 7.18. The number of para-hydroxylation sites is 1. The van der Waals surface area contributed by atoms with Crippen molar-refractivity contribution in [3.63, 3.8) is 0 Å². The highest BCUT2D eigenvalue weighted by atomic mass is 32.1. The number of nitrogens with zero attached hydrogens (tertiary/aromatic N) is 4. The zero-order valence-corrected chi connectivity index (χ0v) is 17.9. The van der Waals surface area contributed by atoms with E-state index in [1.165, 1.54) is 9.71 Å². The summed E-state index contributed by atoms with van der Waals surface area (Å²) in [6.45, 7) is 6.83. The first-order chi connectivity index (χ1) is 14.6. The predicted octanol–water partition coefficient (Wildman–Crippen LogP) is 3.88. The van der Waals surface area contributed by atoms with Crippen molar-refractivity contribution in [1.29, 1.82) is 5.26 Å². The Morgan fingerprint density at radius 2 is 2.00 bits per heavy atom. The van der Waals surface area contributed by atoms with Crippen LogP contribution in [0.3, 0.4) is 0 Å². The summed E-state index contributed by atoms with van der Waals surface area (Å²) < 4.78 is 1.24. The smallest absolute Gasteiger partial charge is 0.225 e. The molecule has 2 heterocycles. The first-order valence-corrected chi connectivity index (χ1v) is 11.1. The van der Waals surface area contributed by atoms with Crippen molar-refractivity contribution in [3.05, 3.63) is 59.1 Å². The number of rotatable bonds is 6. The van der Waals surface area contributed by atoms with E-state index in [9.17, 15) is 4.79 Å². The van der Waals surface area contributed by atoms with Crippen LogP contribution >= 0.6 is 11.3 Å². The molecule has 6 nitrogen and oxygen atoms in total. The normalized spacial score (nSPS) is 16.3. The molecule has 2 aromatic carbocycles. The lowest BCUT2D eigenvalue weighted by Crippen LogP contribution is -2.47. The highest BCUT2D eigenvalue weighted by Crippen LogP contribution is 2.29. The Balaban J connectivity index is 1.24. The average molecular weight is 420 g/mol. The van der Waals surface area contributed by atoms with Crippen LogP contribution in [0.25, 0.3) is 10.2 Å². The van der Waals surface area contributed by atoms with Crippen LogP contribution in [0.5, 0.6) is 0 Å². The van der Waals surface area contributed by atoms with E-state index in [0.717, 1.165) is 38.2 Å². The maximum Gasteiger partial charge on any atom is 0.225 e. The minimum Gasteiger partial charge on any atom is -0.326 e. The van der Waals surface area contributed by atoms with Gasteiger partial charge in [0.25, 0.3) is 0 Å². The molecule has 3 aromatic rings. The van der Waals surface area contributed by atoms with Gasteiger partial charge >= 0.3 is 0 Å². The third kappa shape index (κ3) is 4.85. The molecule has 0 radical (unpaired) electrons. The van der Waals surface area contributed by atoms with Crippen molar-refractivity contribution in [2.24, 2.45) is 0 Å². The quantitative estimate of drug-likeness (QED) is 0.657. The number of amides is 1. The zero-order valence-electron chi connectivity index (χ0n) is 17.0. The first kappa shape index (κ1) is 20.5. The molecule has 7 heteroatoms. The number of benzene rings is 2. The van der Waals surface area contributed by atoms with Crippen molar-refractivity contribution >= 4 is 33.1 Å². The summed E-state index contributed by atoms with van der Waals surface area (Å²) in [6.07, 6.45) is 0.449. The summed E-state index contributed by atoms with van der Waals surface area (Å²) >= 11 is 1.78. The Kier molecular flexibility index (Phi) is 6.38. The lowest BCUT2D eigenvalue weighted by Gasteiger charge is -2.37. The number of nitriles is 1. The number of carbonyl (C=O) groups is 1. The molecule has 30 heavy (non-hydrogen) atoms. The maximum absolute atomic E-state index is 12.3. The summed E-state index contributed by atoms with van der Waals surface area (Å²) in [7, 11) is 0. The number of hydrogen-bond donors (Lipinski definition) is 1. The van der Waals surface area contributed by atoms with E-state index in [1.54, 1.807) is 35.6 Å². The summed E-state index contributed by atoms with van der Waals surface area (Å²) in [6, 6.07) is 17.7. The third-order valence-corrected chi connectivity index (χ3v) is 6.76. The van der Waals surface area contributed by atoms with Crippen molar-refractivity contribution in [3.8, 4) is 6.07 Å². The van der Waals surface area contributed by atoms with Crippen LogP contribution < -0.4 is 5.32 Å². The number of fused-ring (bicyclic) bond motifs is 1. The monoisotopic (exact) mass is 419 g/mol. The Bertz CT molecular complexity index is 1030. The molecule has 1 fully saturated rings. The molecule has 1 aliphatic rings. The number of hydrogen-bond acceptors (Lipinski definition) is 6. The third-order valence-electron chi connectivity index (χ3n) is 5.55. The number of thiazole rings is 1. The Hall–Kier alpha value is -2.79. The van der Waals surface area contributed by atoms with Crippen LogP contribution in [-0.4, -0.2) is 53.4 Å². The first-order valence-electron chi connectivity index (χ1n) is 10.2. The van der Waals surface area contributed by atoms with E-state index in [2.05, 4.69) is 46.3 Å². The standard InChI is InChI=1S/C23H25N5OS/c1-17(23-26-20-7-2-3-8-21(20)30-23)28-13-11-27(12-14-28)10-9-22(29)25-19-6-4-5-18(15-19)16-24/h2-8,15,17H,9-14H2,1H3,(H,25,29)/t17-/m1/s1. The molecule has 0 saturated carbocycles. The van der Waals surface area contributed by atoms with Gasteiger partial charge in [0, 0.05) is 44.8 Å². The summed E-state index contributed by atoms with van der Waals surface area (Å²) in [5.74, 6) is -0.0182. The molecular formula is C23H25N5OS. The molecular weight excluding hydrogens is 394 g/mol. The van der Waals surface area contributed by atoms with E-state index >= 15 is 0 Å². The van der Waals surface area contributed by atoms with Gasteiger partial charge in [0.2, 0.25) is 5.91 Å². The van der Waals surface area contributed by atoms with Gasteiger partial charge in [0.05, 0.1) is 27.9 Å². The SMILES string of the molecule is C[C@H](c1nc2ccccc2s1)N1CCN(CCC(=O)Nc2cccc(C#N)c2)CC1. The molecule has 0 bridgehead atoms. The van der Waals surface area contributed by atoms with E-state index in [1.807, 2.05) is 6.07 Å². The topological polar surface area (TPSA) is 72.3 Å². The lowest BCUT2D eigenvalue weighted by molar-refractivity contribution is -0.116. The maximum atomic E-state index is 12.3. The van der Waals surface area contributed by atoms with Gasteiger partial charge in [-0.3, -0.25) is 9.69 Å². The summed E-state index contributed by atoms with van der Waals surface area (Å²) in [5, 5.41) is 13.0. The van der Waals surface area contributed by atoms with Gasteiger partial charge in [0.1, 0.15) is 5.01 Å². The number of piperazine rings is 1. The fraction of sp³-hybridized carbons (Fsp3) is 0.348. The van der Waals surface area contributed by atoms with Gasteiger partial charge in [-0.1, -0.05) is 18.2 Å². The van der Waals surface area contributed by atoms with E-state index in [4.69, 9.17) is 10.2 Å². The van der Waals surface area contributed by atoms with Gasteiger partial charge < -0.3 is 10.2 Å². The summed E-state index contributed by atoms with van der Waals surface area (Å²) in [4.78, 5) is 21.9. The fourth-order valence-corrected chi connectivity index (χ4v) is 4.80. The number of aromatic nitrogens is 1. The zero-order chi connectivity index (χ0) is 20.9. The van der Waals surface area contributed by atoms with Crippen molar-refractivity contribution in [2.75, 3.05) is 38.0 Å². The number of anilines is 1. The van der Waals surface area contributed by atoms with E-state index in [-0.39, 0.29) is 5.91 Å². The Morgan fingerprint density at radius 3 is 2.77 bits per heavy atom. The largest absolute Gasteiger partial charge is 0.326 e. The van der Waals surface area contributed by atoms with E-state index < -0.39 is 0 Å². The van der Waals surface area contributed by atoms with Crippen LogP contribution in [0.4, 0.5) is 5.69 Å². The second-order valence-electron chi connectivity index (χ2n) is 7.56. The molecule has 0 unspecified atom stereocenters. The minimum atomic E-state index is -0.0182. The number of carbonyl (C=O) groups excluding carboxylic acids is 1. The predicted molar refractivity (Wildman–Crippen MR) is 120 cm³/mol. The lowest BCUT2D eigenvalue weighted by atomic mass is 10.2. The van der Waals surface area contributed by atoms with Crippen molar-refractivity contribution in [2.45, 2.75) is 19.4 Å². The molecule has 1 N–H and O–H groups in total. The molecule has 4 rings (SSSR count). The highest BCUT2D eigenvalue weighted by Gasteiger charge is 2.24. The van der Waals surface area contributed by atoms with Crippen molar-refractivity contribution < 1.29 is 4.79 Å². The molecule has 1 amide bonds. The molecule has 1 saturated heterocycles. The van der Waals surface area contributed by atoms with Crippen LogP contribution in [0.1, 0.15) is 30.0 Å². The molecule has 1 aromatic heterocycles. The second-order valence-corrected chi connectivity index (χ2v) is 8.63. The molecule has 154 valence electrons. The Labute approximate surface area is 180 Å². The molecule has 1 aliphatic heterocycles. The number of nitrogens with one attached hydrogen (secondary N) is 1. The van der Waals surface area contributed by atoms with Crippen molar-refractivity contribution in [1.82, 2.24) is 14.8 Å². The minimum absolute atomic E-state index is 0.0182. The van der Waals surface area contributed by atoms with Gasteiger partial charge in [0.15, 0.2) is 0 Å². The molecule has 0 spiro atoms. The average Bonchev–Trinajstić information content (AvgIpc) is 3.22. The van der Waals surface area contributed by atoms with Crippen LogP contribution in [-0.2, 0) is 4.79 Å².